The van der Waals surface area contributed by atoms with E-state index >= 15 is 0 Å². The Bertz CT molecular complexity index is 1010. The van der Waals surface area contributed by atoms with Crippen molar-refractivity contribution in [3.05, 3.63) is 47.1 Å². The van der Waals surface area contributed by atoms with Gasteiger partial charge in [-0.05, 0) is 50.3 Å². The number of hydrogen-bond acceptors (Lipinski definition) is 5. The van der Waals surface area contributed by atoms with Gasteiger partial charge in [-0.3, -0.25) is 14.6 Å². The van der Waals surface area contributed by atoms with Gasteiger partial charge in [0.25, 0.3) is 5.91 Å². The van der Waals surface area contributed by atoms with Crippen molar-refractivity contribution in [2.75, 3.05) is 6.54 Å². The maximum Gasteiger partial charge on any atom is 0.274 e. The van der Waals surface area contributed by atoms with Crippen molar-refractivity contribution in [1.29, 1.82) is 0 Å². The van der Waals surface area contributed by atoms with E-state index in [1.54, 1.807) is 11.0 Å². The number of aromatic nitrogens is 4. The molecule has 1 saturated carbocycles. The van der Waals surface area contributed by atoms with Crippen LogP contribution in [0.5, 0.6) is 0 Å². The topological polar surface area (TPSA) is 100 Å². The first-order chi connectivity index (χ1) is 13.6. The lowest BCUT2D eigenvalue weighted by Gasteiger charge is -2.18. The van der Waals surface area contributed by atoms with Gasteiger partial charge in [0.05, 0.1) is 17.9 Å². The van der Waals surface area contributed by atoms with Crippen molar-refractivity contribution in [2.45, 2.75) is 45.4 Å². The molecule has 0 spiro atoms. The Balaban J connectivity index is 1.35. The van der Waals surface area contributed by atoms with E-state index in [1.165, 1.54) is 0 Å². The predicted molar refractivity (Wildman–Crippen MR) is 100 cm³/mol. The number of carbonyl (C=O) groups is 1. The lowest BCUT2D eigenvalue weighted by Crippen LogP contribution is -2.31. The van der Waals surface area contributed by atoms with Crippen molar-refractivity contribution >= 4 is 5.91 Å². The van der Waals surface area contributed by atoms with Crippen LogP contribution in [0, 0.1) is 12.8 Å². The largest absolute Gasteiger partial charge is 0.460 e. The number of hydrogen-bond donors (Lipinski definition) is 2. The van der Waals surface area contributed by atoms with Gasteiger partial charge in [0.15, 0.2) is 11.5 Å². The van der Waals surface area contributed by atoms with Gasteiger partial charge in [0.2, 0.25) is 0 Å². The van der Waals surface area contributed by atoms with Crippen LogP contribution < -0.4 is 0 Å². The van der Waals surface area contributed by atoms with Crippen LogP contribution in [-0.2, 0) is 13.1 Å². The fourth-order valence-electron chi connectivity index (χ4n) is 3.75. The number of nitrogens with zero attached hydrogens (tertiary/aromatic N) is 4. The number of amides is 1. The van der Waals surface area contributed by atoms with Crippen LogP contribution >= 0.6 is 0 Å². The van der Waals surface area contributed by atoms with Crippen LogP contribution in [0.3, 0.4) is 0 Å². The van der Waals surface area contributed by atoms with Gasteiger partial charge < -0.3 is 14.4 Å². The Morgan fingerprint density at radius 2 is 2.18 bits per heavy atom. The van der Waals surface area contributed by atoms with E-state index in [2.05, 4.69) is 15.3 Å². The Morgan fingerprint density at radius 1 is 1.32 bits per heavy atom. The van der Waals surface area contributed by atoms with E-state index in [0.717, 1.165) is 43.0 Å². The maximum atomic E-state index is 13.0. The minimum Gasteiger partial charge on any atom is -0.460 e. The lowest BCUT2D eigenvalue weighted by atomic mass is 10.1. The van der Waals surface area contributed by atoms with E-state index in [9.17, 15) is 9.90 Å². The minimum atomic E-state index is -0.491. The molecule has 0 bridgehead atoms. The highest BCUT2D eigenvalue weighted by atomic mass is 16.3. The molecule has 1 atom stereocenters. The molecular weight excluding hydrogens is 358 g/mol. The summed E-state index contributed by atoms with van der Waals surface area (Å²) in [5.74, 6) is 1.69. The van der Waals surface area contributed by atoms with E-state index in [4.69, 9.17) is 4.42 Å². The molecule has 1 amide bonds. The molecule has 146 valence electrons. The molecule has 28 heavy (non-hydrogen) atoms. The monoisotopic (exact) mass is 381 g/mol. The Labute approximate surface area is 162 Å². The molecule has 0 unspecified atom stereocenters. The maximum absolute atomic E-state index is 13.0. The Hall–Kier alpha value is -2.87. The van der Waals surface area contributed by atoms with E-state index in [1.807, 2.05) is 29.8 Å². The zero-order valence-electron chi connectivity index (χ0n) is 15.8. The highest BCUT2D eigenvalue weighted by Crippen LogP contribution is 2.40. The molecule has 2 aliphatic rings. The molecule has 3 aromatic rings. The van der Waals surface area contributed by atoms with Gasteiger partial charge in [0, 0.05) is 19.2 Å². The quantitative estimate of drug-likeness (QED) is 0.724. The van der Waals surface area contributed by atoms with Gasteiger partial charge in [-0.25, -0.2) is 0 Å². The number of H-pyrrole nitrogens is 1. The summed E-state index contributed by atoms with van der Waals surface area (Å²) in [5.41, 5.74) is 2.74. The SMILES string of the molecule is Cc1ccc(-c2cc(C(=O)N3CCCn4nc([C@@H](O)C5CC5)cc4C3)n[nH]2)o1. The summed E-state index contributed by atoms with van der Waals surface area (Å²) in [6.45, 7) is 3.73. The fraction of sp³-hybridized carbons (Fsp3) is 0.450. The molecule has 8 heteroatoms. The van der Waals surface area contributed by atoms with Crippen LogP contribution in [0.15, 0.2) is 28.7 Å². The molecule has 0 radical (unpaired) electrons. The van der Waals surface area contributed by atoms with Crippen LogP contribution in [0.2, 0.25) is 0 Å². The molecule has 3 aromatic heterocycles. The number of aromatic amines is 1. The Kier molecular flexibility index (Phi) is 4.08. The molecule has 4 heterocycles. The summed E-state index contributed by atoms with van der Waals surface area (Å²) in [5, 5.41) is 22.0. The van der Waals surface area contributed by atoms with Crippen molar-refractivity contribution in [3.8, 4) is 11.5 Å². The number of rotatable bonds is 4. The summed E-state index contributed by atoms with van der Waals surface area (Å²) in [6.07, 6.45) is 2.44. The summed E-state index contributed by atoms with van der Waals surface area (Å²) < 4.78 is 7.52. The van der Waals surface area contributed by atoms with Crippen molar-refractivity contribution in [1.82, 2.24) is 24.9 Å². The first-order valence-electron chi connectivity index (χ1n) is 9.74. The smallest absolute Gasteiger partial charge is 0.274 e. The second-order valence-electron chi connectivity index (χ2n) is 7.72. The minimum absolute atomic E-state index is 0.121. The summed E-state index contributed by atoms with van der Waals surface area (Å²) in [6, 6.07) is 7.40. The summed E-state index contributed by atoms with van der Waals surface area (Å²) >= 11 is 0. The van der Waals surface area contributed by atoms with E-state index < -0.39 is 6.10 Å². The normalized spacial score (nSPS) is 18.0. The summed E-state index contributed by atoms with van der Waals surface area (Å²) in [4.78, 5) is 14.8. The highest BCUT2D eigenvalue weighted by molar-refractivity contribution is 5.93. The molecule has 1 aliphatic carbocycles. The number of nitrogens with one attached hydrogen (secondary N) is 1. The molecule has 1 aliphatic heterocycles. The molecule has 8 nitrogen and oxygen atoms in total. The fourth-order valence-corrected chi connectivity index (χ4v) is 3.75. The summed E-state index contributed by atoms with van der Waals surface area (Å²) in [7, 11) is 0. The lowest BCUT2D eigenvalue weighted by molar-refractivity contribution is 0.0739. The van der Waals surface area contributed by atoms with Crippen LogP contribution in [0.1, 0.15) is 53.0 Å². The third-order valence-corrected chi connectivity index (χ3v) is 5.49. The average molecular weight is 381 g/mol. The number of aliphatic hydroxyl groups is 1. The first-order valence-corrected chi connectivity index (χ1v) is 9.74. The molecule has 2 N–H and O–H groups in total. The van der Waals surface area contributed by atoms with Crippen LogP contribution in [0.4, 0.5) is 0 Å². The third-order valence-electron chi connectivity index (χ3n) is 5.49. The first kappa shape index (κ1) is 17.2. The van der Waals surface area contributed by atoms with E-state index in [-0.39, 0.29) is 5.91 Å². The number of fused-ring (bicyclic) bond motifs is 1. The van der Waals surface area contributed by atoms with Gasteiger partial charge >= 0.3 is 0 Å². The van der Waals surface area contributed by atoms with Crippen LogP contribution in [-0.4, -0.2) is 42.4 Å². The molecule has 1 fully saturated rings. The second kappa shape index (κ2) is 6.63. The van der Waals surface area contributed by atoms with Crippen molar-refractivity contribution < 1.29 is 14.3 Å². The number of carbonyl (C=O) groups excluding carboxylic acids is 1. The molecule has 0 aromatic carbocycles. The molecule has 0 saturated heterocycles. The number of aliphatic hydroxyl groups excluding tert-OH is 1. The molecule has 5 rings (SSSR count). The third kappa shape index (κ3) is 3.13. The standard InChI is InChI=1S/C20H23N5O3/c1-12-3-6-18(28-12)15-10-17(22-21-15)20(27)24-7-2-8-25-14(11-24)9-16(23-25)19(26)13-4-5-13/h3,6,9-10,13,19,26H,2,4-5,7-8,11H2,1H3,(H,21,22)/t19-/m0/s1. The van der Waals surface area contributed by atoms with Crippen molar-refractivity contribution in [2.24, 2.45) is 5.92 Å². The van der Waals surface area contributed by atoms with Gasteiger partial charge in [0.1, 0.15) is 17.6 Å². The zero-order chi connectivity index (χ0) is 19.3. The van der Waals surface area contributed by atoms with Crippen LogP contribution in [0.25, 0.3) is 11.5 Å². The van der Waals surface area contributed by atoms with Crippen molar-refractivity contribution in [3.63, 3.8) is 0 Å². The zero-order valence-corrected chi connectivity index (χ0v) is 15.8. The van der Waals surface area contributed by atoms with Gasteiger partial charge in [-0.2, -0.15) is 10.2 Å². The number of aryl methyl sites for hydroxylation is 2. The average Bonchev–Trinajstić information content (AvgIpc) is 3.13. The molecular formula is C20H23N5O3. The highest BCUT2D eigenvalue weighted by Gasteiger charge is 2.33. The second-order valence-corrected chi connectivity index (χ2v) is 7.72. The number of furan rings is 1. The Morgan fingerprint density at radius 3 is 2.93 bits per heavy atom. The van der Waals surface area contributed by atoms with Gasteiger partial charge in [-0.1, -0.05) is 0 Å². The van der Waals surface area contributed by atoms with E-state index in [0.29, 0.717) is 36.2 Å². The predicted octanol–water partition coefficient (Wildman–Crippen LogP) is 2.66. The van der Waals surface area contributed by atoms with Gasteiger partial charge in [-0.15, -0.1) is 0 Å².